The van der Waals surface area contributed by atoms with Gasteiger partial charge in [0.25, 0.3) is 0 Å². The quantitative estimate of drug-likeness (QED) is 0.836. The standard InChI is InChI=1S/C12H19NO3S/c1-12(2,3)17(14,15)8-7-16-11-6-4-5-10(13)9-11/h4-6,9H,7-8,13H2,1-3H3. The third kappa shape index (κ3) is 3.93. The molecule has 1 aromatic carbocycles. The lowest BCUT2D eigenvalue weighted by atomic mass is 10.3. The SMILES string of the molecule is CC(C)(C)S(=O)(=O)CCOc1cccc(N)c1. The Morgan fingerprint density at radius 1 is 1.29 bits per heavy atom. The number of hydrogen-bond donors (Lipinski definition) is 1. The van der Waals surface area contributed by atoms with Gasteiger partial charge in [-0.15, -0.1) is 0 Å². The molecule has 0 spiro atoms. The lowest BCUT2D eigenvalue weighted by Gasteiger charge is -2.19. The van der Waals surface area contributed by atoms with Crippen molar-refractivity contribution in [1.82, 2.24) is 0 Å². The maximum atomic E-state index is 11.8. The molecule has 0 atom stereocenters. The minimum atomic E-state index is -3.13. The molecule has 0 amide bonds. The van der Waals surface area contributed by atoms with Crippen molar-refractivity contribution in [3.05, 3.63) is 24.3 Å². The van der Waals surface area contributed by atoms with Crippen LogP contribution < -0.4 is 10.5 Å². The summed E-state index contributed by atoms with van der Waals surface area (Å²) in [4.78, 5) is 0. The molecule has 0 unspecified atom stereocenters. The number of rotatable bonds is 4. The highest BCUT2D eigenvalue weighted by Crippen LogP contribution is 2.17. The van der Waals surface area contributed by atoms with Crippen LogP contribution in [0.5, 0.6) is 5.75 Å². The second-order valence-corrected chi connectivity index (χ2v) is 7.71. The van der Waals surface area contributed by atoms with Gasteiger partial charge in [0.1, 0.15) is 12.4 Å². The Hall–Kier alpha value is -1.23. The summed E-state index contributed by atoms with van der Waals surface area (Å²) in [7, 11) is -3.13. The van der Waals surface area contributed by atoms with Crippen molar-refractivity contribution in [3.63, 3.8) is 0 Å². The maximum Gasteiger partial charge on any atom is 0.158 e. The van der Waals surface area contributed by atoms with Gasteiger partial charge in [-0.3, -0.25) is 0 Å². The highest BCUT2D eigenvalue weighted by atomic mass is 32.2. The van der Waals surface area contributed by atoms with Crippen molar-refractivity contribution in [3.8, 4) is 5.75 Å². The molecule has 5 heteroatoms. The van der Waals surface area contributed by atoms with Gasteiger partial charge in [-0.05, 0) is 32.9 Å². The Kier molecular flexibility index (Phi) is 4.03. The number of nitrogens with two attached hydrogens (primary N) is 1. The van der Waals surface area contributed by atoms with Crippen molar-refractivity contribution in [1.29, 1.82) is 0 Å². The normalized spacial score (nSPS) is 12.4. The minimum Gasteiger partial charge on any atom is -0.492 e. The maximum absolute atomic E-state index is 11.8. The molecular formula is C12H19NO3S. The van der Waals surface area contributed by atoms with Crippen molar-refractivity contribution in [2.45, 2.75) is 25.5 Å². The second kappa shape index (κ2) is 4.96. The number of sulfone groups is 1. The van der Waals surface area contributed by atoms with Crippen LogP contribution in [0.4, 0.5) is 5.69 Å². The molecule has 0 heterocycles. The van der Waals surface area contributed by atoms with Crippen molar-refractivity contribution in [2.75, 3.05) is 18.1 Å². The van der Waals surface area contributed by atoms with Crippen LogP contribution in [0.15, 0.2) is 24.3 Å². The topological polar surface area (TPSA) is 69.4 Å². The van der Waals surface area contributed by atoms with Gasteiger partial charge >= 0.3 is 0 Å². The van der Waals surface area contributed by atoms with Crippen LogP contribution in [0.1, 0.15) is 20.8 Å². The molecule has 0 aliphatic rings. The molecule has 2 N–H and O–H groups in total. The van der Waals surface area contributed by atoms with E-state index in [1.165, 1.54) is 0 Å². The molecule has 17 heavy (non-hydrogen) atoms. The zero-order valence-corrected chi connectivity index (χ0v) is 11.3. The second-order valence-electron chi connectivity index (χ2n) is 4.85. The third-order valence-electron chi connectivity index (χ3n) is 2.41. The van der Waals surface area contributed by atoms with Gasteiger partial charge in [-0.25, -0.2) is 8.42 Å². The predicted octanol–water partition coefficient (Wildman–Crippen LogP) is 1.86. The molecule has 0 saturated carbocycles. The molecule has 0 saturated heterocycles. The van der Waals surface area contributed by atoms with Gasteiger partial charge < -0.3 is 10.5 Å². The molecule has 1 rings (SSSR count). The van der Waals surface area contributed by atoms with Crippen LogP contribution >= 0.6 is 0 Å². The molecule has 0 aliphatic heterocycles. The average Bonchev–Trinajstić information content (AvgIpc) is 2.15. The van der Waals surface area contributed by atoms with Gasteiger partial charge in [-0.1, -0.05) is 6.07 Å². The van der Waals surface area contributed by atoms with Gasteiger partial charge in [-0.2, -0.15) is 0 Å². The van der Waals surface area contributed by atoms with Crippen molar-refractivity contribution in [2.24, 2.45) is 0 Å². The van der Waals surface area contributed by atoms with Crippen LogP contribution in [0.2, 0.25) is 0 Å². The first-order valence-corrected chi connectivity index (χ1v) is 7.08. The van der Waals surface area contributed by atoms with E-state index >= 15 is 0 Å². The van der Waals surface area contributed by atoms with E-state index in [9.17, 15) is 8.42 Å². The van der Waals surface area contributed by atoms with Crippen LogP contribution in [0, 0.1) is 0 Å². The number of benzene rings is 1. The lowest BCUT2D eigenvalue weighted by Crippen LogP contribution is -2.32. The van der Waals surface area contributed by atoms with E-state index in [4.69, 9.17) is 10.5 Å². The summed E-state index contributed by atoms with van der Waals surface area (Å²) >= 11 is 0. The Labute approximate surface area is 103 Å². The molecule has 0 radical (unpaired) electrons. The molecule has 0 aliphatic carbocycles. The van der Waals surface area contributed by atoms with Crippen LogP contribution in [0.3, 0.4) is 0 Å². The first kappa shape index (κ1) is 13.8. The van der Waals surface area contributed by atoms with Gasteiger partial charge in [0, 0.05) is 11.8 Å². The van der Waals surface area contributed by atoms with E-state index in [1.54, 1.807) is 45.0 Å². The summed E-state index contributed by atoms with van der Waals surface area (Å²) < 4.78 is 28.2. The smallest absolute Gasteiger partial charge is 0.158 e. The van der Waals surface area contributed by atoms with Crippen molar-refractivity contribution >= 4 is 15.5 Å². The summed E-state index contributed by atoms with van der Waals surface area (Å²) in [6, 6.07) is 6.94. The largest absolute Gasteiger partial charge is 0.492 e. The Balaban J connectivity index is 2.55. The third-order valence-corrected chi connectivity index (χ3v) is 4.98. The number of hydrogen-bond acceptors (Lipinski definition) is 4. The van der Waals surface area contributed by atoms with E-state index in [-0.39, 0.29) is 12.4 Å². The van der Waals surface area contributed by atoms with E-state index in [0.29, 0.717) is 11.4 Å². The van der Waals surface area contributed by atoms with Gasteiger partial charge in [0.15, 0.2) is 9.84 Å². The van der Waals surface area contributed by atoms with Crippen LogP contribution in [-0.4, -0.2) is 25.5 Å². The Morgan fingerprint density at radius 3 is 2.47 bits per heavy atom. The first-order chi connectivity index (χ1) is 7.72. The van der Waals surface area contributed by atoms with E-state index < -0.39 is 14.6 Å². The summed E-state index contributed by atoms with van der Waals surface area (Å²) in [6.07, 6.45) is 0. The molecule has 4 nitrogen and oxygen atoms in total. The predicted molar refractivity (Wildman–Crippen MR) is 69.9 cm³/mol. The summed E-state index contributed by atoms with van der Waals surface area (Å²) in [5.41, 5.74) is 6.19. The van der Waals surface area contributed by atoms with Gasteiger partial charge in [0.2, 0.25) is 0 Å². The molecule has 0 aromatic heterocycles. The number of anilines is 1. The summed E-state index contributed by atoms with van der Waals surface area (Å²) in [6.45, 7) is 5.19. The van der Waals surface area contributed by atoms with Crippen LogP contribution in [-0.2, 0) is 9.84 Å². The fraction of sp³-hybridized carbons (Fsp3) is 0.500. The molecule has 0 fully saturated rings. The monoisotopic (exact) mass is 257 g/mol. The van der Waals surface area contributed by atoms with E-state index in [0.717, 1.165) is 0 Å². The van der Waals surface area contributed by atoms with E-state index in [1.807, 2.05) is 0 Å². The number of ether oxygens (including phenoxy) is 1. The zero-order chi connectivity index (χ0) is 13.1. The highest BCUT2D eigenvalue weighted by molar-refractivity contribution is 7.92. The average molecular weight is 257 g/mol. The molecular weight excluding hydrogens is 238 g/mol. The van der Waals surface area contributed by atoms with E-state index in [2.05, 4.69) is 0 Å². The lowest BCUT2D eigenvalue weighted by molar-refractivity contribution is 0.340. The molecule has 1 aromatic rings. The highest BCUT2D eigenvalue weighted by Gasteiger charge is 2.28. The number of nitrogen functional groups attached to an aromatic ring is 1. The molecule has 0 bridgehead atoms. The first-order valence-electron chi connectivity index (χ1n) is 5.43. The van der Waals surface area contributed by atoms with Crippen molar-refractivity contribution < 1.29 is 13.2 Å². The fourth-order valence-electron chi connectivity index (χ4n) is 1.18. The fourth-order valence-corrected chi connectivity index (χ4v) is 2.09. The summed E-state index contributed by atoms with van der Waals surface area (Å²) in [5, 5.41) is 0. The zero-order valence-electron chi connectivity index (χ0n) is 10.4. The Bertz CT molecular complexity index is 475. The summed E-state index contributed by atoms with van der Waals surface area (Å²) in [5.74, 6) is 0.597. The van der Waals surface area contributed by atoms with Crippen LogP contribution in [0.25, 0.3) is 0 Å². The molecule has 96 valence electrons. The van der Waals surface area contributed by atoms with Gasteiger partial charge in [0.05, 0.1) is 10.5 Å². The minimum absolute atomic E-state index is 0.00526. The Morgan fingerprint density at radius 2 is 1.94 bits per heavy atom.